The zero-order valence-corrected chi connectivity index (χ0v) is 5.89. The van der Waals surface area contributed by atoms with Gasteiger partial charge in [0.25, 0.3) is 0 Å². The van der Waals surface area contributed by atoms with Crippen molar-refractivity contribution in [1.29, 1.82) is 0 Å². The molecule has 1 rings (SSSR count). The molecule has 1 N–H and O–H groups in total. The predicted octanol–water partition coefficient (Wildman–Crippen LogP) is 1.16. The van der Waals surface area contributed by atoms with Gasteiger partial charge in [0.2, 0.25) is 0 Å². The highest BCUT2D eigenvalue weighted by Gasteiger charge is 1.98. The first-order chi connectivity index (χ1) is 4.29. The lowest BCUT2D eigenvalue weighted by Crippen LogP contribution is -2.16. The van der Waals surface area contributed by atoms with Gasteiger partial charge < -0.3 is 5.32 Å². The molecular weight excluding hydrogens is 112 g/mol. The fourth-order valence-corrected chi connectivity index (χ4v) is 0.900. The van der Waals surface area contributed by atoms with E-state index in [-0.39, 0.29) is 0 Å². The molecule has 2 heteroatoms. The highest BCUT2D eigenvalue weighted by Crippen LogP contribution is 2.03. The van der Waals surface area contributed by atoms with Crippen LogP contribution >= 0.6 is 0 Å². The van der Waals surface area contributed by atoms with Crippen LogP contribution in [0.1, 0.15) is 13.8 Å². The first-order valence-electron chi connectivity index (χ1n) is 3.23. The minimum atomic E-state index is 0.604. The summed E-state index contributed by atoms with van der Waals surface area (Å²) in [4.78, 5) is 4.10. The highest BCUT2D eigenvalue weighted by atomic mass is 14.9. The summed E-state index contributed by atoms with van der Waals surface area (Å²) < 4.78 is 0. The van der Waals surface area contributed by atoms with Gasteiger partial charge in [-0.25, -0.2) is 4.99 Å². The van der Waals surface area contributed by atoms with Crippen LogP contribution in [0.4, 0.5) is 0 Å². The molecule has 0 saturated carbocycles. The van der Waals surface area contributed by atoms with E-state index in [4.69, 9.17) is 0 Å². The van der Waals surface area contributed by atoms with Crippen molar-refractivity contribution in [2.24, 2.45) is 10.9 Å². The van der Waals surface area contributed by atoms with Crippen molar-refractivity contribution in [3.63, 3.8) is 0 Å². The molecule has 0 spiro atoms. The lowest BCUT2D eigenvalue weighted by Gasteiger charge is -2.00. The van der Waals surface area contributed by atoms with Crippen molar-refractivity contribution < 1.29 is 0 Å². The van der Waals surface area contributed by atoms with Gasteiger partial charge in [-0.15, -0.1) is 0 Å². The van der Waals surface area contributed by atoms with Crippen molar-refractivity contribution in [3.8, 4) is 0 Å². The first kappa shape index (κ1) is 6.33. The number of nitrogens with zero attached hydrogens (tertiary/aromatic N) is 1. The Morgan fingerprint density at radius 1 is 1.78 bits per heavy atom. The third-order valence-corrected chi connectivity index (χ3v) is 1.33. The van der Waals surface area contributed by atoms with Crippen LogP contribution in [0.15, 0.2) is 16.8 Å². The maximum atomic E-state index is 4.10. The van der Waals surface area contributed by atoms with Crippen molar-refractivity contribution in [1.82, 2.24) is 5.32 Å². The molecule has 1 atom stereocenters. The molecular formula is C7H12N2. The zero-order chi connectivity index (χ0) is 6.69. The van der Waals surface area contributed by atoms with Crippen LogP contribution in [0.25, 0.3) is 0 Å². The Kier molecular flexibility index (Phi) is 1.88. The summed E-state index contributed by atoms with van der Waals surface area (Å²) in [6.45, 7) is 5.19. The van der Waals surface area contributed by atoms with Crippen molar-refractivity contribution in [2.45, 2.75) is 13.8 Å². The Morgan fingerprint density at radius 2 is 2.56 bits per heavy atom. The van der Waals surface area contributed by atoms with E-state index in [0.29, 0.717) is 5.92 Å². The summed E-state index contributed by atoms with van der Waals surface area (Å²) in [6, 6.07) is 0. The van der Waals surface area contributed by atoms with Crippen molar-refractivity contribution >= 4 is 6.34 Å². The average Bonchev–Trinajstić information content (AvgIpc) is 1.93. The Balaban J connectivity index is 2.62. The second-order valence-electron chi connectivity index (χ2n) is 2.45. The van der Waals surface area contributed by atoms with E-state index in [2.05, 4.69) is 23.3 Å². The number of aliphatic imine (C=N–C) groups is 1. The molecule has 50 valence electrons. The Bertz CT molecular complexity index is 147. The minimum Gasteiger partial charge on any atom is -0.376 e. The van der Waals surface area contributed by atoms with E-state index in [0.717, 1.165) is 12.2 Å². The van der Waals surface area contributed by atoms with Gasteiger partial charge in [-0.05, 0) is 12.8 Å². The molecule has 1 unspecified atom stereocenters. The Morgan fingerprint density at radius 3 is 3.33 bits per heavy atom. The molecule has 0 fully saturated rings. The van der Waals surface area contributed by atoms with E-state index in [1.165, 1.54) is 0 Å². The van der Waals surface area contributed by atoms with Crippen LogP contribution in [0.3, 0.4) is 0 Å². The molecule has 2 nitrogen and oxygen atoms in total. The number of rotatable bonds is 0. The summed E-state index contributed by atoms with van der Waals surface area (Å²) in [5.74, 6) is 0.604. The van der Waals surface area contributed by atoms with Gasteiger partial charge in [-0.1, -0.05) is 13.0 Å². The van der Waals surface area contributed by atoms with Crippen LogP contribution in [0.2, 0.25) is 0 Å². The number of hydrogen-bond acceptors (Lipinski definition) is 2. The molecule has 0 amide bonds. The van der Waals surface area contributed by atoms with Crippen LogP contribution in [0.5, 0.6) is 0 Å². The average molecular weight is 124 g/mol. The van der Waals surface area contributed by atoms with E-state index in [1.54, 1.807) is 6.34 Å². The quantitative estimate of drug-likeness (QED) is 0.515. The van der Waals surface area contributed by atoms with Gasteiger partial charge in [0.15, 0.2) is 0 Å². The van der Waals surface area contributed by atoms with Crippen LogP contribution in [-0.4, -0.2) is 12.9 Å². The van der Waals surface area contributed by atoms with Gasteiger partial charge in [0.05, 0.1) is 6.34 Å². The molecule has 0 saturated heterocycles. The van der Waals surface area contributed by atoms with Gasteiger partial charge in [-0.2, -0.15) is 0 Å². The SMILES string of the molecule is CC1=CC(C)CNC=N1. The van der Waals surface area contributed by atoms with Crippen LogP contribution < -0.4 is 5.32 Å². The van der Waals surface area contributed by atoms with Crippen LogP contribution in [-0.2, 0) is 0 Å². The molecule has 1 aliphatic rings. The summed E-state index contributed by atoms with van der Waals surface area (Å²) in [5, 5.41) is 3.08. The normalized spacial score (nSPS) is 26.4. The first-order valence-corrected chi connectivity index (χ1v) is 3.23. The lowest BCUT2D eigenvalue weighted by molar-refractivity contribution is 0.697. The van der Waals surface area contributed by atoms with Crippen LogP contribution in [0, 0.1) is 5.92 Å². The molecule has 0 radical (unpaired) electrons. The maximum absolute atomic E-state index is 4.10. The van der Waals surface area contributed by atoms with Gasteiger partial charge in [0.1, 0.15) is 0 Å². The Labute approximate surface area is 55.7 Å². The van der Waals surface area contributed by atoms with E-state index >= 15 is 0 Å². The van der Waals surface area contributed by atoms with E-state index in [9.17, 15) is 0 Å². The number of nitrogens with one attached hydrogen (secondary N) is 1. The maximum Gasteiger partial charge on any atom is 0.0882 e. The topological polar surface area (TPSA) is 24.4 Å². The van der Waals surface area contributed by atoms with E-state index < -0.39 is 0 Å². The second-order valence-corrected chi connectivity index (χ2v) is 2.45. The molecule has 0 aromatic heterocycles. The van der Waals surface area contributed by atoms with Gasteiger partial charge in [-0.3, -0.25) is 0 Å². The van der Waals surface area contributed by atoms with Crippen molar-refractivity contribution in [2.75, 3.05) is 6.54 Å². The second kappa shape index (κ2) is 2.67. The summed E-state index contributed by atoms with van der Waals surface area (Å²) in [6.07, 6.45) is 3.92. The summed E-state index contributed by atoms with van der Waals surface area (Å²) in [5.41, 5.74) is 1.10. The molecule has 1 aliphatic heterocycles. The third-order valence-electron chi connectivity index (χ3n) is 1.33. The summed E-state index contributed by atoms with van der Waals surface area (Å²) in [7, 11) is 0. The molecule has 0 aromatic carbocycles. The molecule has 0 bridgehead atoms. The third kappa shape index (κ3) is 1.88. The van der Waals surface area contributed by atoms with Gasteiger partial charge >= 0.3 is 0 Å². The monoisotopic (exact) mass is 124 g/mol. The largest absolute Gasteiger partial charge is 0.376 e. The minimum absolute atomic E-state index is 0.604. The predicted molar refractivity (Wildman–Crippen MR) is 39.4 cm³/mol. The fraction of sp³-hybridized carbons (Fsp3) is 0.571. The smallest absolute Gasteiger partial charge is 0.0882 e. The van der Waals surface area contributed by atoms with Crippen molar-refractivity contribution in [3.05, 3.63) is 11.8 Å². The standard InChI is InChI=1S/C7H12N2/c1-6-3-7(2)9-5-8-4-6/h3,5-6H,4H2,1-2H3,(H,8,9). The zero-order valence-electron chi connectivity index (χ0n) is 5.89. The summed E-state index contributed by atoms with van der Waals surface area (Å²) >= 11 is 0. The number of hydrogen-bond donors (Lipinski definition) is 1. The molecule has 9 heavy (non-hydrogen) atoms. The molecule has 1 heterocycles. The molecule has 0 aliphatic carbocycles. The van der Waals surface area contributed by atoms with E-state index in [1.807, 2.05) is 6.92 Å². The Hall–Kier alpha value is -0.790. The van der Waals surface area contributed by atoms with Gasteiger partial charge in [0, 0.05) is 12.2 Å². The highest BCUT2D eigenvalue weighted by molar-refractivity contribution is 5.56. The fourth-order valence-electron chi connectivity index (χ4n) is 0.900. The lowest BCUT2D eigenvalue weighted by atomic mass is 10.1. The molecule has 0 aromatic rings. The number of allylic oxidation sites excluding steroid dienone is 1.